The van der Waals surface area contributed by atoms with Crippen LogP contribution in [-0.4, -0.2) is 104 Å². The van der Waals surface area contributed by atoms with Crippen molar-refractivity contribution in [1.29, 1.82) is 0 Å². The molecule has 0 bridgehead atoms. The minimum atomic E-state index is 0.0121. The smallest absolute Gasteiger partial charge is 0.253 e. The Morgan fingerprint density at radius 1 is 1.04 bits per heavy atom. The topological polar surface area (TPSA) is 56.3 Å². The van der Waals surface area contributed by atoms with Crippen molar-refractivity contribution in [3.8, 4) is 5.75 Å². The van der Waals surface area contributed by atoms with Crippen molar-refractivity contribution in [2.24, 2.45) is 0 Å². The van der Waals surface area contributed by atoms with E-state index in [9.17, 15) is 9.59 Å². The molecule has 1 aromatic rings. The third-order valence-corrected chi connectivity index (χ3v) is 5.59. The molecule has 27 heavy (non-hydrogen) atoms. The number of hydrogen-bond donors (Lipinski definition) is 0. The van der Waals surface area contributed by atoms with Crippen LogP contribution in [0.5, 0.6) is 5.75 Å². The van der Waals surface area contributed by atoms with E-state index in [0.717, 1.165) is 25.3 Å². The third-order valence-electron chi connectivity index (χ3n) is 5.59. The number of methoxy groups -OCH3 is 1. The fourth-order valence-corrected chi connectivity index (χ4v) is 3.74. The van der Waals surface area contributed by atoms with E-state index in [1.54, 1.807) is 31.4 Å². The molecule has 0 N–H and O–H groups in total. The summed E-state index contributed by atoms with van der Waals surface area (Å²) in [6.45, 7) is 4.78. The molecule has 2 amide bonds. The summed E-state index contributed by atoms with van der Waals surface area (Å²) < 4.78 is 5.13. The van der Waals surface area contributed by atoms with E-state index in [4.69, 9.17) is 4.74 Å². The third kappa shape index (κ3) is 4.78. The first-order valence-electron chi connectivity index (χ1n) is 9.58. The minimum Gasteiger partial charge on any atom is -0.497 e. The number of nitrogens with zero attached hydrogens (tertiary/aromatic N) is 4. The lowest BCUT2D eigenvalue weighted by Crippen LogP contribution is -2.52. The van der Waals surface area contributed by atoms with Crippen molar-refractivity contribution >= 4 is 11.8 Å². The Morgan fingerprint density at radius 3 is 2.22 bits per heavy atom. The van der Waals surface area contributed by atoms with E-state index in [2.05, 4.69) is 23.9 Å². The number of amides is 2. The van der Waals surface area contributed by atoms with Gasteiger partial charge < -0.3 is 19.4 Å². The van der Waals surface area contributed by atoms with Crippen LogP contribution in [0.4, 0.5) is 0 Å². The number of rotatable bonds is 5. The lowest BCUT2D eigenvalue weighted by Gasteiger charge is -2.35. The van der Waals surface area contributed by atoms with Crippen molar-refractivity contribution in [2.45, 2.75) is 12.5 Å². The van der Waals surface area contributed by atoms with Crippen molar-refractivity contribution in [1.82, 2.24) is 19.6 Å². The highest BCUT2D eigenvalue weighted by Crippen LogP contribution is 2.16. The zero-order valence-corrected chi connectivity index (χ0v) is 16.6. The molecule has 1 aromatic carbocycles. The maximum absolute atomic E-state index is 12.6. The van der Waals surface area contributed by atoms with Crippen molar-refractivity contribution in [2.75, 3.05) is 67.0 Å². The lowest BCUT2D eigenvalue weighted by molar-refractivity contribution is -0.133. The van der Waals surface area contributed by atoms with Crippen molar-refractivity contribution < 1.29 is 14.3 Å². The van der Waals surface area contributed by atoms with E-state index in [1.165, 1.54) is 0 Å². The summed E-state index contributed by atoms with van der Waals surface area (Å²) in [7, 11) is 5.79. The van der Waals surface area contributed by atoms with Gasteiger partial charge in [-0.3, -0.25) is 14.5 Å². The van der Waals surface area contributed by atoms with E-state index < -0.39 is 0 Å². The molecule has 1 atom stereocenters. The van der Waals surface area contributed by atoms with E-state index >= 15 is 0 Å². The summed E-state index contributed by atoms with van der Waals surface area (Å²) in [5.74, 6) is 0.921. The van der Waals surface area contributed by atoms with Crippen LogP contribution < -0.4 is 4.74 Å². The number of benzene rings is 1. The quantitative estimate of drug-likeness (QED) is 0.756. The summed E-state index contributed by atoms with van der Waals surface area (Å²) in [6, 6.07) is 7.70. The molecule has 0 spiro atoms. The number of carbonyl (C=O) groups excluding carboxylic acids is 2. The lowest BCUT2D eigenvalue weighted by atomic mass is 10.1. The van der Waals surface area contributed by atoms with E-state index in [0.29, 0.717) is 44.3 Å². The first-order chi connectivity index (χ1) is 13.0. The van der Waals surface area contributed by atoms with Gasteiger partial charge in [0, 0.05) is 50.9 Å². The van der Waals surface area contributed by atoms with Gasteiger partial charge in [0.1, 0.15) is 5.75 Å². The number of likely N-dealkylation sites (tertiary alicyclic amines) is 1. The predicted octanol–water partition coefficient (Wildman–Crippen LogP) is 0.616. The number of carbonyl (C=O) groups is 2. The Kier molecular flexibility index (Phi) is 6.34. The number of piperazine rings is 1. The second-order valence-electron chi connectivity index (χ2n) is 7.54. The summed E-state index contributed by atoms with van der Waals surface area (Å²) in [6.07, 6.45) is 1.12. The Balaban J connectivity index is 1.46. The minimum absolute atomic E-state index is 0.0121. The van der Waals surface area contributed by atoms with Gasteiger partial charge in [0.15, 0.2) is 0 Å². The van der Waals surface area contributed by atoms with Gasteiger partial charge in [0.05, 0.1) is 13.7 Å². The van der Waals surface area contributed by atoms with Crippen LogP contribution in [0.15, 0.2) is 24.3 Å². The maximum atomic E-state index is 12.6. The second-order valence-corrected chi connectivity index (χ2v) is 7.54. The molecule has 0 saturated carbocycles. The van der Waals surface area contributed by atoms with Crippen molar-refractivity contribution in [3.05, 3.63) is 29.8 Å². The highest BCUT2D eigenvalue weighted by molar-refractivity contribution is 5.94. The zero-order chi connectivity index (χ0) is 19.4. The highest BCUT2D eigenvalue weighted by atomic mass is 16.5. The molecule has 2 heterocycles. The Labute approximate surface area is 161 Å². The number of hydrogen-bond acceptors (Lipinski definition) is 5. The van der Waals surface area contributed by atoms with Gasteiger partial charge in [-0.2, -0.15) is 0 Å². The molecule has 7 heteroatoms. The molecule has 0 unspecified atom stereocenters. The molecular weight excluding hydrogens is 344 g/mol. The maximum Gasteiger partial charge on any atom is 0.253 e. The van der Waals surface area contributed by atoms with Crippen LogP contribution >= 0.6 is 0 Å². The molecule has 7 nitrogen and oxygen atoms in total. The molecule has 2 saturated heterocycles. The second kappa shape index (κ2) is 8.71. The van der Waals surface area contributed by atoms with Gasteiger partial charge >= 0.3 is 0 Å². The van der Waals surface area contributed by atoms with Gasteiger partial charge in [-0.15, -0.1) is 0 Å². The van der Waals surface area contributed by atoms with Crippen LogP contribution in [0.1, 0.15) is 16.8 Å². The Bertz CT molecular complexity index is 654. The average Bonchev–Trinajstić information content (AvgIpc) is 3.16. The fourth-order valence-electron chi connectivity index (χ4n) is 3.74. The number of ether oxygens (including phenoxy) is 1. The molecule has 0 aromatic heterocycles. The SMILES string of the molecule is COc1ccc(C(=O)N2CCN(C(=O)CN3CC[C@@H](N(C)C)C3)CC2)cc1. The van der Waals surface area contributed by atoms with Gasteiger partial charge in [-0.25, -0.2) is 0 Å². The van der Waals surface area contributed by atoms with Crippen LogP contribution in [0.2, 0.25) is 0 Å². The van der Waals surface area contributed by atoms with Crippen LogP contribution in [0, 0.1) is 0 Å². The predicted molar refractivity (Wildman–Crippen MR) is 104 cm³/mol. The van der Waals surface area contributed by atoms with Crippen molar-refractivity contribution in [3.63, 3.8) is 0 Å². The van der Waals surface area contributed by atoms with Gasteiger partial charge in [0.2, 0.25) is 5.91 Å². The van der Waals surface area contributed by atoms with Crippen LogP contribution in [-0.2, 0) is 4.79 Å². The van der Waals surface area contributed by atoms with E-state index in [1.807, 2.05) is 9.80 Å². The van der Waals surface area contributed by atoms with Gasteiger partial charge in [0.25, 0.3) is 5.91 Å². The first kappa shape index (κ1) is 19.6. The first-order valence-corrected chi connectivity index (χ1v) is 9.58. The van der Waals surface area contributed by atoms with Gasteiger partial charge in [-0.05, 0) is 44.8 Å². The monoisotopic (exact) mass is 374 g/mol. The normalized spacial score (nSPS) is 21.0. The molecule has 2 fully saturated rings. The molecule has 148 valence electrons. The van der Waals surface area contributed by atoms with Crippen LogP contribution in [0.3, 0.4) is 0 Å². The van der Waals surface area contributed by atoms with Gasteiger partial charge in [-0.1, -0.05) is 0 Å². The molecule has 2 aliphatic rings. The standard InChI is InChI=1S/C20H30N4O3/c1-21(2)17-8-9-22(14-17)15-19(25)23-10-12-24(13-11-23)20(26)16-4-6-18(27-3)7-5-16/h4-7,17H,8-15H2,1-3H3/t17-/m1/s1. The molecular formula is C20H30N4O3. The number of likely N-dealkylation sites (N-methyl/N-ethyl adjacent to an activating group) is 1. The summed E-state index contributed by atoms with van der Waals surface area (Å²) in [5.41, 5.74) is 0.655. The van der Waals surface area contributed by atoms with E-state index in [-0.39, 0.29) is 11.8 Å². The summed E-state index contributed by atoms with van der Waals surface area (Å²) in [4.78, 5) is 33.4. The molecule has 0 aliphatic carbocycles. The summed E-state index contributed by atoms with van der Waals surface area (Å²) in [5, 5.41) is 0. The molecule has 3 rings (SSSR count). The fraction of sp³-hybridized carbons (Fsp3) is 0.600. The summed E-state index contributed by atoms with van der Waals surface area (Å²) >= 11 is 0. The largest absolute Gasteiger partial charge is 0.497 e. The zero-order valence-electron chi connectivity index (χ0n) is 16.6. The molecule has 0 radical (unpaired) electrons. The van der Waals surface area contributed by atoms with Crippen LogP contribution in [0.25, 0.3) is 0 Å². The average molecular weight is 374 g/mol. The highest BCUT2D eigenvalue weighted by Gasteiger charge is 2.29. The Hall–Kier alpha value is -2.12. The Morgan fingerprint density at radius 2 is 1.67 bits per heavy atom. The molecule has 2 aliphatic heterocycles.